The number of nitrogens with one attached hydrogen (secondary N) is 1. The summed E-state index contributed by atoms with van der Waals surface area (Å²) in [7, 11) is 0. The van der Waals surface area contributed by atoms with Crippen LogP contribution in [0.2, 0.25) is 0 Å². The summed E-state index contributed by atoms with van der Waals surface area (Å²) >= 11 is 0. The van der Waals surface area contributed by atoms with Crippen LogP contribution < -0.4 is 4.90 Å². The molecule has 1 fully saturated rings. The largest absolute Gasteiger partial charge is 0.379 e. The van der Waals surface area contributed by atoms with E-state index in [0.29, 0.717) is 0 Å². The van der Waals surface area contributed by atoms with E-state index >= 15 is 0 Å². The third-order valence-corrected chi connectivity index (χ3v) is 6.48. The van der Waals surface area contributed by atoms with Crippen LogP contribution in [-0.4, -0.2) is 74.2 Å². The normalized spacial score (nSPS) is 17.4. The Morgan fingerprint density at radius 3 is 2.74 bits per heavy atom. The van der Waals surface area contributed by atoms with Crippen molar-refractivity contribution in [3.8, 4) is 0 Å². The molecule has 0 radical (unpaired) electrons. The lowest BCUT2D eigenvalue weighted by molar-refractivity contribution is 0.0371. The van der Waals surface area contributed by atoms with Crippen molar-refractivity contribution in [2.75, 3.05) is 44.3 Å². The standard InChI is InChI=1S/C22H32N8O/c1-16-19-15-29(22-18-14-23-26-21(18)24-17(2)25-22)9-6-20(19)30(27-16)8-5-3-4-7-28-10-12-31-13-11-28/h14H,3-13,15H2,1-2H3,(H,23,24,25,26). The Labute approximate surface area is 182 Å². The van der Waals surface area contributed by atoms with Crippen molar-refractivity contribution in [3.63, 3.8) is 0 Å². The molecule has 0 aromatic carbocycles. The van der Waals surface area contributed by atoms with Crippen molar-refractivity contribution in [1.29, 1.82) is 0 Å². The molecule has 3 aromatic rings. The molecule has 1 saturated heterocycles. The maximum atomic E-state index is 5.43. The van der Waals surface area contributed by atoms with E-state index < -0.39 is 0 Å². The van der Waals surface area contributed by atoms with E-state index in [4.69, 9.17) is 14.8 Å². The number of ether oxygens (including phenoxy) is 1. The monoisotopic (exact) mass is 424 g/mol. The number of nitrogens with zero attached hydrogens (tertiary/aromatic N) is 7. The zero-order chi connectivity index (χ0) is 21.2. The van der Waals surface area contributed by atoms with Crippen LogP contribution in [0.1, 0.15) is 42.0 Å². The fraction of sp³-hybridized carbons (Fsp3) is 0.636. The van der Waals surface area contributed by atoms with Gasteiger partial charge >= 0.3 is 0 Å². The first kappa shape index (κ1) is 20.4. The number of fused-ring (bicyclic) bond motifs is 2. The smallest absolute Gasteiger partial charge is 0.161 e. The van der Waals surface area contributed by atoms with Gasteiger partial charge in [0.1, 0.15) is 11.6 Å². The molecule has 2 aliphatic heterocycles. The number of hydrogen-bond donors (Lipinski definition) is 1. The number of morpholine rings is 1. The molecule has 0 bridgehead atoms. The van der Waals surface area contributed by atoms with Gasteiger partial charge in [0.05, 0.1) is 30.5 Å². The highest BCUT2D eigenvalue weighted by Gasteiger charge is 2.25. The molecular formula is C22H32N8O. The minimum absolute atomic E-state index is 0.766. The van der Waals surface area contributed by atoms with Crippen molar-refractivity contribution >= 4 is 16.9 Å². The van der Waals surface area contributed by atoms with Crippen LogP contribution in [0.3, 0.4) is 0 Å². The summed E-state index contributed by atoms with van der Waals surface area (Å²) in [6.07, 6.45) is 6.50. The van der Waals surface area contributed by atoms with Crippen LogP contribution in [0.25, 0.3) is 11.0 Å². The van der Waals surface area contributed by atoms with Gasteiger partial charge in [0.25, 0.3) is 0 Å². The molecule has 0 atom stereocenters. The first-order valence-corrected chi connectivity index (χ1v) is 11.5. The van der Waals surface area contributed by atoms with Gasteiger partial charge in [0, 0.05) is 50.4 Å². The molecule has 166 valence electrons. The number of aryl methyl sites for hydroxylation is 3. The van der Waals surface area contributed by atoms with Gasteiger partial charge in [-0.3, -0.25) is 14.7 Å². The third-order valence-electron chi connectivity index (χ3n) is 6.48. The molecule has 2 aliphatic rings. The Hall–Kier alpha value is -2.52. The van der Waals surface area contributed by atoms with Crippen LogP contribution >= 0.6 is 0 Å². The number of aromatic amines is 1. The van der Waals surface area contributed by atoms with E-state index in [2.05, 4.69) is 36.6 Å². The SMILES string of the molecule is Cc1nc(N2CCc3c(c(C)nn3CCCCCN3CCOCC3)C2)c2cn[nH]c2n1. The maximum absolute atomic E-state index is 5.43. The van der Waals surface area contributed by atoms with E-state index in [9.17, 15) is 0 Å². The molecule has 1 N–H and O–H groups in total. The van der Waals surface area contributed by atoms with Gasteiger partial charge in [-0.1, -0.05) is 6.42 Å². The minimum Gasteiger partial charge on any atom is -0.379 e. The summed E-state index contributed by atoms with van der Waals surface area (Å²) in [6.45, 7) is 12.0. The zero-order valence-electron chi connectivity index (χ0n) is 18.6. The van der Waals surface area contributed by atoms with Crippen LogP contribution in [-0.2, 0) is 24.2 Å². The molecule has 9 heteroatoms. The molecular weight excluding hydrogens is 392 g/mol. The topological polar surface area (TPSA) is 88.0 Å². The molecule has 9 nitrogen and oxygen atoms in total. The second-order valence-electron chi connectivity index (χ2n) is 8.65. The van der Waals surface area contributed by atoms with Gasteiger partial charge in [-0.15, -0.1) is 0 Å². The number of aromatic nitrogens is 6. The third kappa shape index (κ3) is 4.29. The number of unbranched alkanes of at least 4 members (excludes halogenated alkanes) is 2. The molecule has 0 amide bonds. The van der Waals surface area contributed by atoms with E-state index in [-0.39, 0.29) is 0 Å². The van der Waals surface area contributed by atoms with Gasteiger partial charge in [0.2, 0.25) is 0 Å². The quantitative estimate of drug-likeness (QED) is 0.582. The molecule has 5 rings (SSSR count). The highest BCUT2D eigenvalue weighted by Crippen LogP contribution is 2.29. The van der Waals surface area contributed by atoms with E-state index in [0.717, 1.165) is 80.7 Å². The van der Waals surface area contributed by atoms with Crippen LogP contribution in [0.4, 0.5) is 5.82 Å². The van der Waals surface area contributed by atoms with Crippen molar-refractivity contribution in [1.82, 2.24) is 34.8 Å². The molecule has 0 aliphatic carbocycles. The molecule has 0 saturated carbocycles. The van der Waals surface area contributed by atoms with Crippen molar-refractivity contribution < 1.29 is 4.74 Å². The first-order chi connectivity index (χ1) is 15.2. The predicted octanol–water partition coefficient (Wildman–Crippen LogP) is 2.23. The van der Waals surface area contributed by atoms with Gasteiger partial charge in [-0.25, -0.2) is 9.97 Å². The summed E-state index contributed by atoms with van der Waals surface area (Å²) in [5.41, 5.74) is 4.70. The van der Waals surface area contributed by atoms with Crippen LogP contribution in [0.5, 0.6) is 0 Å². The second-order valence-corrected chi connectivity index (χ2v) is 8.65. The lowest BCUT2D eigenvalue weighted by atomic mass is 10.1. The van der Waals surface area contributed by atoms with Gasteiger partial charge in [-0.2, -0.15) is 10.2 Å². The zero-order valence-corrected chi connectivity index (χ0v) is 18.6. The Morgan fingerprint density at radius 1 is 1.03 bits per heavy atom. The Kier molecular flexibility index (Phi) is 5.87. The number of H-pyrrole nitrogens is 1. The maximum Gasteiger partial charge on any atom is 0.161 e. The Morgan fingerprint density at radius 2 is 1.87 bits per heavy atom. The lowest BCUT2D eigenvalue weighted by Crippen LogP contribution is -2.36. The summed E-state index contributed by atoms with van der Waals surface area (Å²) < 4.78 is 7.69. The molecule has 3 aromatic heterocycles. The lowest BCUT2D eigenvalue weighted by Gasteiger charge is -2.29. The Balaban J connectivity index is 1.21. The second kappa shape index (κ2) is 8.92. The Bertz CT molecular complexity index is 1040. The average Bonchev–Trinajstić information content (AvgIpc) is 3.38. The molecule has 0 spiro atoms. The molecule has 0 unspecified atom stereocenters. The average molecular weight is 425 g/mol. The summed E-state index contributed by atoms with van der Waals surface area (Å²) in [6, 6.07) is 0. The van der Waals surface area contributed by atoms with Gasteiger partial charge < -0.3 is 9.64 Å². The fourth-order valence-electron chi connectivity index (χ4n) is 4.80. The van der Waals surface area contributed by atoms with Crippen molar-refractivity contribution in [3.05, 3.63) is 29.0 Å². The summed E-state index contributed by atoms with van der Waals surface area (Å²) in [5.74, 6) is 1.74. The van der Waals surface area contributed by atoms with Crippen LogP contribution in [0.15, 0.2) is 6.20 Å². The highest BCUT2D eigenvalue weighted by molar-refractivity contribution is 5.86. The predicted molar refractivity (Wildman–Crippen MR) is 119 cm³/mol. The van der Waals surface area contributed by atoms with Crippen molar-refractivity contribution in [2.45, 2.75) is 52.6 Å². The number of hydrogen-bond acceptors (Lipinski definition) is 7. The molecule has 31 heavy (non-hydrogen) atoms. The van der Waals surface area contributed by atoms with Crippen molar-refractivity contribution in [2.24, 2.45) is 0 Å². The number of rotatable bonds is 7. The molecule has 5 heterocycles. The minimum atomic E-state index is 0.766. The summed E-state index contributed by atoms with van der Waals surface area (Å²) in [5, 5.41) is 13.0. The fourth-order valence-corrected chi connectivity index (χ4v) is 4.80. The highest BCUT2D eigenvalue weighted by atomic mass is 16.5. The van der Waals surface area contributed by atoms with E-state index in [1.165, 1.54) is 37.1 Å². The van der Waals surface area contributed by atoms with E-state index in [1.54, 1.807) is 0 Å². The summed E-state index contributed by atoms with van der Waals surface area (Å²) in [4.78, 5) is 14.0. The first-order valence-electron chi connectivity index (χ1n) is 11.5. The van der Waals surface area contributed by atoms with Gasteiger partial charge in [0.15, 0.2) is 5.65 Å². The van der Waals surface area contributed by atoms with Gasteiger partial charge in [-0.05, 0) is 33.2 Å². The van der Waals surface area contributed by atoms with Crippen LogP contribution in [0, 0.1) is 13.8 Å². The van der Waals surface area contributed by atoms with E-state index in [1.807, 2.05) is 13.1 Å². The number of anilines is 1.